The highest BCUT2D eigenvalue weighted by atomic mass is 35.5. The molecular formula is C13H18ClN3O. The van der Waals surface area contributed by atoms with Crippen molar-refractivity contribution in [2.45, 2.75) is 25.9 Å². The third kappa shape index (κ3) is 3.45. The second kappa shape index (κ2) is 6.18. The van der Waals surface area contributed by atoms with E-state index in [1.165, 1.54) is 0 Å². The Morgan fingerprint density at radius 1 is 1.44 bits per heavy atom. The van der Waals surface area contributed by atoms with Crippen LogP contribution in [0.1, 0.15) is 19.0 Å². The Kier molecular flexibility index (Phi) is 4.58. The molecule has 0 aliphatic carbocycles. The van der Waals surface area contributed by atoms with Crippen LogP contribution in [0.5, 0.6) is 0 Å². The Hall–Kier alpha value is -1.10. The van der Waals surface area contributed by atoms with E-state index in [9.17, 15) is 0 Å². The number of imidazole rings is 1. The monoisotopic (exact) mass is 267 g/mol. The summed E-state index contributed by atoms with van der Waals surface area (Å²) in [5.41, 5.74) is 1.93. The summed E-state index contributed by atoms with van der Waals surface area (Å²) in [4.78, 5) is 4.52. The van der Waals surface area contributed by atoms with Gasteiger partial charge in [-0.15, -0.1) is 0 Å². The number of fused-ring (bicyclic) bond motifs is 1. The van der Waals surface area contributed by atoms with Crippen LogP contribution in [0.3, 0.4) is 0 Å². The van der Waals surface area contributed by atoms with Gasteiger partial charge in [-0.05, 0) is 25.5 Å². The van der Waals surface area contributed by atoms with Crippen LogP contribution >= 0.6 is 11.6 Å². The maximum absolute atomic E-state index is 5.93. The van der Waals surface area contributed by atoms with Crippen molar-refractivity contribution in [3.63, 3.8) is 0 Å². The molecule has 1 N–H and O–H groups in total. The molecule has 4 nitrogen and oxygen atoms in total. The SMILES string of the molecule is COCCC(C)NCc1cn2cc(Cl)ccc2n1. The summed E-state index contributed by atoms with van der Waals surface area (Å²) in [6.07, 6.45) is 4.86. The zero-order valence-corrected chi connectivity index (χ0v) is 11.4. The molecule has 0 saturated carbocycles. The molecule has 2 heterocycles. The van der Waals surface area contributed by atoms with Crippen LogP contribution in [0.25, 0.3) is 5.65 Å². The standard InChI is InChI=1S/C13H18ClN3O/c1-10(5-6-18-2)15-7-12-9-17-8-11(14)3-4-13(17)16-12/h3-4,8-10,15H,5-7H2,1-2H3. The third-order valence-electron chi connectivity index (χ3n) is 2.85. The summed E-state index contributed by atoms with van der Waals surface area (Å²) in [6, 6.07) is 4.18. The number of ether oxygens (including phenoxy) is 1. The third-order valence-corrected chi connectivity index (χ3v) is 3.08. The maximum atomic E-state index is 5.93. The lowest BCUT2D eigenvalue weighted by Gasteiger charge is -2.11. The van der Waals surface area contributed by atoms with E-state index in [0.717, 1.165) is 30.9 Å². The van der Waals surface area contributed by atoms with Gasteiger partial charge in [0.05, 0.1) is 10.7 Å². The van der Waals surface area contributed by atoms with Gasteiger partial charge < -0.3 is 14.5 Å². The number of hydrogen-bond acceptors (Lipinski definition) is 3. The summed E-state index contributed by atoms with van der Waals surface area (Å²) in [6.45, 7) is 3.67. The summed E-state index contributed by atoms with van der Waals surface area (Å²) in [5.74, 6) is 0. The van der Waals surface area contributed by atoms with E-state index in [1.807, 2.05) is 28.9 Å². The minimum absolute atomic E-state index is 0.415. The molecule has 0 bridgehead atoms. The first-order valence-electron chi connectivity index (χ1n) is 6.04. The molecule has 0 spiro atoms. The van der Waals surface area contributed by atoms with Gasteiger partial charge in [0, 0.05) is 38.7 Å². The van der Waals surface area contributed by atoms with Crippen molar-refractivity contribution < 1.29 is 4.74 Å². The minimum Gasteiger partial charge on any atom is -0.385 e. The zero-order valence-electron chi connectivity index (χ0n) is 10.7. The molecule has 0 amide bonds. The fraction of sp³-hybridized carbons (Fsp3) is 0.462. The molecule has 2 rings (SSSR count). The smallest absolute Gasteiger partial charge is 0.137 e. The van der Waals surface area contributed by atoms with E-state index in [0.29, 0.717) is 11.1 Å². The number of methoxy groups -OCH3 is 1. The summed E-state index contributed by atoms with van der Waals surface area (Å²) in [5, 5.41) is 4.14. The molecule has 98 valence electrons. The molecule has 2 aromatic rings. The van der Waals surface area contributed by atoms with E-state index < -0.39 is 0 Å². The predicted octanol–water partition coefficient (Wildman–Crippen LogP) is 2.50. The molecule has 1 unspecified atom stereocenters. The average molecular weight is 268 g/mol. The van der Waals surface area contributed by atoms with E-state index in [-0.39, 0.29) is 0 Å². The second-order valence-corrected chi connectivity index (χ2v) is 4.84. The summed E-state index contributed by atoms with van der Waals surface area (Å²) in [7, 11) is 1.72. The Morgan fingerprint density at radius 2 is 2.28 bits per heavy atom. The zero-order chi connectivity index (χ0) is 13.0. The van der Waals surface area contributed by atoms with Crippen molar-refractivity contribution in [1.82, 2.24) is 14.7 Å². The van der Waals surface area contributed by atoms with Crippen LogP contribution in [0.4, 0.5) is 0 Å². The molecule has 0 radical (unpaired) electrons. The first-order chi connectivity index (χ1) is 8.69. The largest absolute Gasteiger partial charge is 0.385 e. The Bertz CT molecular complexity index is 512. The quantitative estimate of drug-likeness (QED) is 0.874. The molecule has 0 fully saturated rings. The normalized spacial score (nSPS) is 13.1. The van der Waals surface area contributed by atoms with Gasteiger partial charge in [-0.2, -0.15) is 0 Å². The number of nitrogens with one attached hydrogen (secondary N) is 1. The van der Waals surface area contributed by atoms with Gasteiger partial charge in [0.2, 0.25) is 0 Å². The van der Waals surface area contributed by atoms with Crippen molar-refractivity contribution in [3.05, 3.63) is 35.2 Å². The van der Waals surface area contributed by atoms with Crippen molar-refractivity contribution in [2.24, 2.45) is 0 Å². The number of aromatic nitrogens is 2. The van der Waals surface area contributed by atoms with Crippen molar-refractivity contribution >= 4 is 17.2 Å². The molecule has 0 aromatic carbocycles. The van der Waals surface area contributed by atoms with Crippen LogP contribution in [0.15, 0.2) is 24.5 Å². The van der Waals surface area contributed by atoms with Gasteiger partial charge in [-0.25, -0.2) is 4.98 Å². The van der Waals surface area contributed by atoms with E-state index in [4.69, 9.17) is 16.3 Å². The van der Waals surface area contributed by atoms with Crippen molar-refractivity contribution in [3.8, 4) is 0 Å². The highest BCUT2D eigenvalue weighted by Crippen LogP contribution is 2.11. The van der Waals surface area contributed by atoms with Crippen LogP contribution in [0.2, 0.25) is 5.02 Å². The van der Waals surface area contributed by atoms with Gasteiger partial charge >= 0.3 is 0 Å². The maximum Gasteiger partial charge on any atom is 0.137 e. The average Bonchev–Trinajstić information content (AvgIpc) is 2.75. The first kappa shape index (κ1) is 13.3. The molecule has 5 heteroatoms. The lowest BCUT2D eigenvalue weighted by atomic mass is 10.2. The van der Waals surface area contributed by atoms with Crippen molar-refractivity contribution in [2.75, 3.05) is 13.7 Å². The Labute approximate surface area is 112 Å². The van der Waals surface area contributed by atoms with E-state index in [1.54, 1.807) is 7.11 Å². The number of halogens is 1. The fourth-order valence-electron chi connectivity index (χ4n) is 1.78. The number of hydrogen-bond donors (Lipinski definition) is 1. The highest BCUT2D eigenvalue weighted by molar-refractivity contribution is 6.30. The Balaban J connectivity index is 1.95. The first-order valence-corrected chi connectivity index (χ1v) is 6.42. The molecule has 0 aliphatic rings. The van der Waals surface area contributed by atoms with Gasteiger partial charge in [0.25, 0.3) is 0 Å². The summed E-state index contributed by atoms with van der Waals surface area (Å²) < 4.78 is 6.99. The number of pyridine rings is 1. The molecule has 0 aliphatic heterocycles. The van der Waals surface area contributed by atoms with Crippen LogP contribution in [0, 0.1) is 0 Å². The molecule has 1 atom stereocenters. The summed E-state index contributed by atoms with van der Waals surface area (Å²) >= 11 is 5.93. The predicted molar refractivity (Wildman–Crippen MR) is 73.0 cm³/mol. The van der Waals surface area contributed by atoms with Crippen LogP contribution in [-0.2, 0) is 11.3 Å². The topological polar surface area (TPSA) is 38.6 Å². The lowest BCUT2D eigenvalue weighted by molar-refractivity contribution is 0.184. The minimum atomic E-state index is 0.415. The van der Waals surface area contributed by atoms with Gasteiger partial charge in [0.15, 0.2) is 0 Å². The van der Waals surface area contributed by atoms with Gasteiger partial charge in [0.1, 0.15) is 5.65 Å². The van der Waals surface area contributed by atoms with Crippen molar-refractivity contribution in [1.29, 1.82) is 0 Å². The van der Waals surface area contributed by atoms with Crippen LogP contribution in [-0.4, -0.2) is 29.1 Å². The van der Waals surface area contributed by atoms with Crippen LogP contribution < -0.4 is 5.32 Å². The number of rotatable bonds is 6. The fourth-order valence-corrected chi connectivity index (χ4v) is 1.95. The Morgan fingerprint density at radius 3 is 3.06 bits per heavy atom. The molecule has 18 heavy (non-hydrogen) atoms. The van der Waals surface area contributed by atoms with E-state index in [2.05, 4.69) is 17.2 Å². The van der Waals surface area contributed by atoms with E-state index >= 15 is 0 Å². The molecule has 2 aromatic heterocycles. The van der Waals surface area contributed by atoms with Gasteiger partial charge in [-0.1, -0.05) is 11.6 Å². The van der Waals surface area contributed by atoms with Gasteiger partial charge in [-0.3, -0.25) is 0 Å². The highest BCUT2D eigenvalue weighted by Gasteiger charge is 2.04. The molecule has 0 saturated heterocycles. The lowest BCUT2D eigenvalue weighted by Crippen LogP contribution is -2.26. The second-order valence-electron chi connectivity index (χ2n) is 4.41. The molecular weight excluding hydrogens is 250 g/mol. The number of nitrogens with zero attached hydrogens (tertiary/aromatic N) is 2.